The molecule has 0 bridgehead atoms. The van der Waals surface area contributed by atoms with Crippen molar-refractivity contribution in [2.45, 2.75) is 25.8 Å². The average molecular weight is 476 g/mol. The van der Waals surface area contributed by atoms with Gasteiger partial charge in [-0.1, -0.05) is 5.16 Å². The summed E-state index contributed by atoms with van der Waals surface area (Å²) in [6.07, 6.45) is 4.30. The van der Waals surface area contributed by atoms with E-state index in [9.17, 15) is 14.7 Å². The summed E-state index contributed by atoms with van der Waals surface area (Å²) < 4.78 is 16.1. The van der Waals surface area contributed by atoms with Crippen LogP contribution >= 0.6 is 0 Å². The molecule has 1 atom stereocenters. The fourth-order valence-electron chi connectivity index (χ4n) is 3.50. The second-order valence-electron chi connectivity index (χ2n) is 7.77. The summed E-state index contributed by atoms with van der Waals surface area (Å²) in [6.45, 7) is 1.92. The van der Waals surface area contributed by atoms with Crippen LogP contribution in [-0.4, -0.2) is 39.7 Å². The summed E-state index contributed by atoms with van der Waals surface area (Å²) in [6, 6.07) is 10.2. The van der Waals surface area contributed by atoms with Gasteiger partial charge < -0.3 is 24.1 Å². The Morgan fingerprint density at radius 2 is 2.03 bits per heavy atom. The highest BCUT2D eigenvalue weighted by Crippen LogP contribution is 2.26. The first-order chi connectivity index (χ1) is 17.0. The normalized spacial score (nSPS) is 11.8. The van der Waals surface area contributed by atoms with Crippen LogP contribution in [-0.2, 0) is 6.42 Å². The van der Waals surface area contributed by atoms with Crippen molar-refractivity contribution in [3.63, 3.8) is 0 Å². The summed E-state index contributed by atoms with van der Waals surface area (Å²) in [7, 11) is 1.53. The predicted molar refractivity (Wildman–Crippen MR) is 125 cm³/mol. The number of methoxy groups -OCH3 is 1. The number of carbonyl (C=O) groups excluding carboxylic acids is 1. The van der Waals surface area contributed by atoms with Crippen molar-refractivity contribution in [3.8, 4) is 22.9 Å². The Hall–Kier alpha value is -4.31. The molecule has 0 amide bonds. The maximum atomic E-state index is 13.3. The maximum Gasteiger partial charge on any atom is 0.227 e. The van der Waals surface area contributed by atoms with E-state index >= 15 is 0 Å². The van der Waals surface area contributed by atoms with Gasteiger partial charge in [-0.15, -0.1) is 0 Å². The summed E-state index contributed by atoms with van der Waals surface area (Å²) >= 11 is 0. The highest BCUT2D eigenvalue weighted by molar-refractivity contribution is 6.00. The quantitative estimate of drug-likeness (QED) is 0.259. The second-order valence-corrected chi connectivity index (χ2v) is 7.77. The molecule has 1 aromatic carbocycles. The molecule has 2 N–H and O–H groups in total. The topological polar surface area (TPSA) is 141 Å². The molecule has 35 heavy (non-hydrogen) atoms. The Morgan fingerprint density at radius 3 is 2.74 bits per heavy atom. The predicted octanol–water partition coefficient (Wildman–Crippen LogP) is 3.25. The van der Waals surface area contributed by atoms with Crippen LogP contribution in [0.5, 0.6) is 11.5 Å². The number of pyridine rings is 1. The van der Waals surface area contributed by atoms with Crippen LogP contribution in [0.15, 0.2) is 68.6 Å². The van der Waals surface area contributed by atoms with E-state index in [0.717, 1.165) is 5.56 Å². The van der Waals surface area contributed by atoms with Gasteiger partial charge in [-0.25, -0.2) is 0 Å². The number of benzene rings is 1. The largest absolute Gasteiger partial charge is 0.502 e. The summed E-state index contributed by atoms with van der Waals surface area (Å²) in [5, 5.41) is 17.4. The molecule has 4 aromatic rings. The van der Waals surface area contributed by atoms with Crippen LogP contribution in [0.2, 0.25) is 0 Å². The Kier molecular flexibility index (Phi) is 7.32. The number of aryl methyl sites for hydroxylation is 2. The van der Waals surface area contributed by atoms with E-state index in [-0.39, 0.29) is 17.3 Å². The number of nitrogens with one attached hydrogen (secondary N) is 1. The van der Waals surface area contributed by atoms with Gasteiger partial charge in [-0.05, 0) is 56.3 Å². The summed E-state index contributed by atoms with van der Waals surface area (Å²) in [5.74, 6) is 0.662. The third-order valence-electron chi connectivity index (χ3n) is 5.27. The fourth-order valence-corrected chi connectivity index (χ4v) is 3.50. The van der Waals surface area contributed by atoms with E-state index in [1.54, 1.807) is 49.6 Å². The molecule has 180 valence electrons. The molecule has 0 aliphatic carbocycles. The third-order valence-corrected chi connectivity index (χ3v) is 5.27. The molecule has 0 spiro atoms. The minimum Gasteiger partial charge on any atom is -0.502 e. The lowest BCUT2D eigenvalue weighted by Gasteiger charge is -2.18. The van der Waals surface area contributed by atoms with E-state index in [2.05, 4.69) is 20.4 Å². The van der Waals surface area contributed by atoms with Crippen molar-refractivity contribution in [1.29, 1.82) is 0 Å². The Bertz CT molecular complexity index is 1350. The number of hydrogen-bond donors (Lipinski definition) is 2. The van der Waals surface area contributed by atoms with Gasteiger partial charge in [0.25, 0.3) is 0 Å². The standard InChI is InChI=1S/C25H24N4O6/c1-15-13-19(30)23(32)24(34-15)21(22(31)16-7-9-18(33-2)10-8-16)27-12-4-6-20-28-25(29-35-20)17-5-3-11-26-14-17/h3,5,7-11,13-14,21,27,32H,4,6,12H2,1-2H3. The number of ketones is 1. The molecule has 3 aromatic heterocycles. The Morgan fingerprint density at radius 1 is 1.23 bits per heavy atom. The van der Waals surface area contributed by atoms with E-state index in [1.165, 1.54) is 13.2 Å². The number of nitrogens with zero attached hydrogens (tertiary/aromatic N) is 3. The average Bonchev–Trinajstić information content (AvgIpc) is 3.36. The van der Waals surface area contributed by atoms with Gasteiger partial charge in [0.05, 0.1) is 7.11 Å². The first-order valence-corrected chi connectivity index (χ1v) is 10.9. The number of aromatic nitrogens is 3. The zero-order chi connectivity index (χ0) is 24.8. The van der Waals surface area contributed by atoms with Crippen LogP contribution in [0, 0.1) is 6.92 Å². The van der Waals surface area contributed by atoms with Gasteiger partial charge in [0.15, 0.2) is 11.5 Å². The molecule has 10 nitrogen and oxygen atoms in total. The monoisotopic (exact) mass is 476 g/mol. The number of Topliss-reactive ketones (excluding diaryl/α,β-unsaturated/α-hetero) is 1. The molecular weight excluding hydrogens is 452 g/mol. The van der Waals surface area contributed by atoms with Gasteiger partial charge in [-0.3, -0.25) is 14.6 Å². The van der Waals surface area contributed by atoms with Crippen molar-refractivity contribution in [3.05, 3.63) is 88.1 Å². The van der Waals surface area contributed by atoms with Gasteiger partial charge >= 0.3 is 0 Å². The summed E-state index contributed by atoms with van der Waals surface area (Å²) in [5.41, 5.74) is 0.493. The van der Waals surface area contributed by atoms with Crippen molar-refractivity contribution in [1.82, 2.24) is 20.4 Å². The number of carbonyl (C=O) groups is 1. The smallest absolute Gasteiger partial charge is 0.227 e. The second kappa shape index (κ2) is 10.7. The van der Waals surface area contributed by atoms with E-state index in [0.29, 0.717) is 42.4 Å². The summed E-state index contributed by atoms with van der Waals surface area (Å²) in [4.78, 5) is 33.9. The number of aromatic hydroxyl groups is 1. The van der Waals surface area contributed by atoms with E-state index in [4.69, 9.17) is 13.7 Å². The molecule has 10 heteroatoms. The molecule has 0 aliphatic heterocycles. The third kappa shape index (κ3) is 5.61. The molecule has 4 rings (SSSR count). The highest BCUT2D eigenvalue weighted by atomic mass is 16.5. The first kappa shape index (κ1) is 23.8. The van der Waals surface area contributed by atoms with Crippen LogP contribution < -0.4 is 15.5 Å². The van der Waals surface area contributed by atoms with Crippen LogP contribution in [0.4, 0.5) is 0 Å². The molecular formula is C25H24N4O6. The van der Waals surface area contributed by atoms with E-state index < -0.39 is 17.2 Å². The fraction of sp³-hybridized carbons (Fsp3) is 0.240. The SMILES string of the molecule is COc1ccc(C(=O)C(NCCCc2nc(-c3cccnc3)no2)c2oc(C)cc(=O)c2O)cc1. The minimum atomic E-state index is -1.08. The first-order valence-electron chi connectivity index (χ1n) is 10.9. The number of rotatable bonds is 10. The van der Waals surface area contributed by atoms with Gasteiger partial charge in [-0.2, -0.15) is 4.98 Å². The van der Waals surface area contributed by atoms with Crippen molar-refractivity contribution in [2.24, 2.45) is 0 Å². The molecule has 0 saturated heterocycles. The highest BCUT2D eigenvalue weighted by Gasteiger charge is 2.28. The van der Waals surface area contributed by atoms with Gasteiger partial charge in [0.1, 0.15) is 17.6 Å². The minimum absolute atomic E-state index is 0.132. The van der Waals surface area contributed by atoms with Crippen molar-refractivity contribution in [2.75, 3.05) is 13.7 Å². The Balaban J connectivity index is 1.48. The van der Waals surface area contributed by atoms with Crippen LogP contribution in [0.25, 0.3) is 11.4 Å². The van der Waals surface area contributed by atoms with Gasteiger partial charge in [0, 0.05) is 36.0 Å². The molecule has 0 aliphatic rings. The molecule has 3 heterocycles. The maximum absolute atomic E-state index is 13.3. The Labute approximate surface area is 200 Å². The molecule has 0 radical (unpaired) electrons. The van der Waals surface area contributed by atoms with Crippen molar-refractivity contribution >= 4 is 5.78 Å². The molecule has 0 saturated carbocycles. The molecule has 1 unspecified atom stereocenters. The lowest BCUT2D eigenvalue weighted by atomic mass is 10.0. The lowest BCUT2D eigenvalue weighted by molar-refractivity contribution is 0.0926. The van der Waals surface area contributed by atoms with Crippen molar-refractivity contribution < 1.29 is 23.6 Å². The van der Waals surface area contributed by atoms with Crippen LogP contribution in [0.1, 0.15) is 40.2 Å². The zero-order valence-electron chi connectivity index (χ0n) is 19.2. The number of ether oxygens (including phenoxy) is 1. The molecule has 0 fully saturated rings. The lowest BCUT2D eigenvalue weighted by Crippen LogP contribution is -2.31. The van der Waals surface area contributed by atoms with Gasteiger partial charge in [0.2, 0.25) is 22.9 Å². The van der Waals surface area contributed by atoms with E-state index in [1.807, 2.05) is 6.07 Å². The van der Waals surface area contributed by atoms with Crippen LogP contribution in [0.3, 0.4) is 0 Å². The number of hydrogen-bond acceptors (Lipinski definition) is 10. The zero-order valence-corrected chi connectivity index (χ0v) is 19.2.